The fourth-order valence-corrected chi connectivity index (χ4v) is 2.28. The van der Waals surface area contributed by atoms with Gasteiger partial charge >= 0.3 is 0 Å². The number of rotatable bonds is 2. The van der Waals surface area contributed by atoms with Gasteiger partial charge in [0, 0.05) is 15.2 Å². The lowest BCUT2D eigenvalue weighted by molar-refractivity contribution is 1.05. The van der Waals surface area contributed by atoms with Crippen LogP contribution in [0.1, 0.15) is 0 Å². The van der Waals surface area contributed by atoms with Crippen LogP contribution in [0.25, 0.3) is 10.9 Å². The van der Waals surface area contributed by atoms with E-state index < -0.39 is 0 Å². The Balaban J connectivity index is 2.70. The van der Waals surface area contributed by atoms with Crippen LogP contribution in [0.2, 0.25) is 0 Å². The van der Waals surface area contributed by atoms with Gasteiger partial charge in [-0.25, -0.2) is 0 Å². The lowest BCUT2D eigenvalue weighted by Gasteiger charge is -2.03. The monoisotopic (exact) mass is 222 g/mol. The van der Waals surface area contributed by atoms with Crippen molar-refractivity contribution in [2.24, 2.45) is 0 Å². The molecule has 0 aliphatic heterocycles. The molecule has 1 heterocycles. The summed E-state index contributed by atoms with van der Waals surface area (Å²) in [6, 6.07) is 6.26. The first-order valence-electron chi connectivity index (χ1n) is 4.18. The summed E-state index contributed by atoms with van der Waals surface area (Å²) in [7, 11) is 0. The van der Waals surface area contributed by atoms with Gasteiger partial charge < -0.3 is 0 Å². The Kier molecular flexibility index (Phi) is 2.93. The molecule has 0 saturated carbocycles. The van der Waals surface area contributed by atoms with E-state index >= 15 is 0 Å². The Morgan fingerprint density at radius 2 is 2.00 bits per heavy atom. The smallest absolute Gasteiger partial charge is 0.0941 e. The maximum absolute atomic E-state index is 4.09. The summed E-state index contributed by atoms with van der Waals surface area (Å²) in [5, 5.41) is 9.25. The van der Waals surface area contributed by atoms with E-state index in [0.717, 1.165) is 5.52 Å². The molecule has 0 aliphatic rings. The van der Waals surface area contributed by atoms with Gasteiger partial charge in [0.25, 0.3) is 0 Å². The summed E-state index contributed by atoms with van der Waals surface area (Å²) in [6.07, 6.45) is 5.95. The minimum atomic E-state index is 0.967. The van der Waals surface area contributed by atoms with E-state index in [4.69, 9.17) is 0 Å². The topological polar surface area (TPSA) is 25.8 Å². The van der Waals surface area contributed by atoms with Crippen molar-refractivity contribution < 1.29 is 0 Å². The summed E-state index contributed by atoms with van der Waals surface area (Å²) in [5.41, 5.74) is 0.967. The van der Waals surface area contributed by atoms with Crippen molar-refractivity contribution >= 4 is 34.4 Å². The van der Waals surface area contributed by atoms with Gasteiger partial charge in [0.05, 0.1) is 11.7 Å². The zero-order valence-corrected chi connectivity index (χ0v) is 9.65. The summed E-state index contributed by atoms with van der Waals surface area (Å²) in [5.74, 6) is 0. The Hall–Kier alpha value is -0.740. The fourth-order valence-electron chi connectivity index (χ4n) is 1.30. The van der Waals surface area contributed by atoms with Crippen molar-refractivity contribution in [1.29, 1.82) is 0 Å². The van der Waals surface area contributed by atoms with Crippen LogP contribution in [0.4, 0.5) is 0 Å². The average Bonchev–Trinajstić information content (AvgIpc) is 2.27. The van der Waals surface area contributed by atoms with Crippen LogP contribution in [0.15, 0.2) is 34.2 Å². The molecular formula is C10H10N2S2. The molecule has 1 aromatic carbocycles. The van der Waals surface area contributed by atoms with Gasteiger partial charge in [-0.2, -0.15) is 10.2 Å². The predicted octanol–water partition coefficient (Wildman–Crippen LogP) is 3.07. The van der Waals surface area contributed by atoms with Crippen molar-refractivity contribution in [3.05, 3.63) is 24.4 Å². The lowest BCUT2D eigenvalue weighted by atomic mass is 10.2. The Bertz CT molecular complexity index is 457. The molecule has 0 fully saturated rings. The predicted molar refractivity (Wildman–Crippen MR) is 63.1 cm³/mol. The molecule has 0 N–H and O–H groups in total. The molecule has 0 saturated heterocycles. The molecule has 1 aromatic heterocycles. The molecule has 4 heteroatoms. The van der Waals surface area contributed by atoms with Gasteiger partial charge in [-0.15, -0.1) is 23.5 Å². The fraction of sp³-hybridized carbons (Fsp3) is 0.200. The first-order valence-corrected chi connectivity index (χ1v) is 6.63. The van der Waals surface area contributed by atoms with Crippen molar-refractivity contribution in [3.8, 4) is 0 Å². The second-order valence-corrected chi connectivity index (χ2v) is 4.52. The summed E-state index contributed by atoms with van der Waals surface area (Å²) in [4.78, 5) is 2.45. The first kappa shape index (κ1) is 9.80. The summed E-state index contributed by atoms with van der Waals surface area (Å²) >= 11 is 3.45. The van der Waals surface area contributed by atoms with E-state index in [1.165, 1.54) is 15.2 Å². The molecule has 0 aliphatic carbocycles. The molecule has 0 spiro atoms. The third-order valence-corrected chi connectivity index (χ3v) is 3.52. The third-order valence-electron chi connectivity index (χ3n) is 2.03. The third kappa shape index (κ3) is 1.72. The maximum atomic E-state index is 4.09. The SMILES string of the molecule is CSc1ccc2nncc(SC)c2c1. The molecular weight excluding hydrogens is 212 g/mol. The normalized spacial score (nSPS) is 10.7. The van der Waals surface area contributed by atoms with E-state index in [1.54, 1.807) is 23.5 Å². The van der Waals surface area contributed by atoms with E-state index in [9.17, 15) is 0 Å². The van der Waals surface area contributed by atoms with Crippen LogP contribution >= 0.6 is 23.5 Å². The summed E-state index contributed by atoms with van der Waals surface area (Å²) in [6.45, 7) is 0. The van der Waals surface area contributed by atoms with Crippen molar-refractivity contribution in [2.75, 3.05) is 12.5 Å². The highest BCUT2D eigenvalue weighted by Crippen LogP contribution is 2.27. The largest absolute Gasteiger partial charge is 0.157 e. The second-order valence-electron chi connectivity index (χ2n) is 2.80. The number of benzene rings is 1. The van der Waals surface area contributed by atoms with Crippen molar-refractivity contribution in [3.63, 3.8) is 0 Å². The molecule has 14 heavy (non-hydrogen) atoms. The minimum absolute atomic E-state index is 0.967. The van der Waals surface area contributed by atoms with E-state index in [2.05, 4.69) is 34.8 Å². The van der Waals surface area contributed by atoms with E-state index in [0.29, 0.717) is 0 Å². The Labute approximate surface area is 91.5 Å². The minimum Gasteiger partial charge on any atom is -0.157 e. The van der Waals surface area contributed by atoms with Gasteiger partial charge in [0.2, 0.25) is 0 Å². The van der Waals surface area contributed by atoms with Crippen molar-refractivity contribution in [2.45, 2.75) is 9.79 Å². The zero-order chi connectivity index (χ0) is 9.97. The zero-order valence-electron chi connectivity index (χ0n) is 8.02. The van der Waals surface area contributed by atoms with Crippen LogP contribution in [-0.2, 0) is 0 Å². The molecule has 0 unspecified atom stereocenters. The van der Waals surface area contributed by atoms with Crippen LogP contribution in [-0.4, -0.2) is 22.7 Å². The molecule has 2 nitrogen and oxygen atoms in total. The van der Waals surface area contributed by atoms with E-state index in [-0.39, 0.29) is 0 Å². The molecule has 0 radical (unpaired) electrons. The molecule has 0 bridgehead atoms. The van der Waals surface area contributed by atoms with E-state index in [1.807, 2.05) is 12.3 Å². The molecule has 2 rings (SSSR count). The van der Waals surface area contributed by atoms with Gasteiger partial charge in [-0.1, -0.05) is 0 Å². The number of fused-ring (bicyclic) bond motifs is 1. The van der Waals surface area contributed by atoms with Crippen molar-refractivity contribution in [1.82, 2.24) is 10.2 Å². The number of thioether (sulfide) groups is 2. The van der Waals surface area contributed by atoms with Crippen LogP contribution in [0.3, 0.4) is 0 Å². The number of aromatic nitrogens is 2. The summed E-state index contributed by atoms with van der Waals surface area (Å²) < 4.78 is 0. The highest BCUT2D eigenvalue weighted by molar-refractivity contribution is 7.99. The highest BCUT2D eigenvalue weighted by Gasteiger charge is 2.02. The van der Waals surface area contributed by atoms with Gasteiger partial charge in [0.15, 0.2) is 0 Å². The van der Waals surface area contributed by atoms with Gasteiger partial charge in [0.1, 0.15) is 0 Å². The average molecular weight is 222 g/mol. The Morgan fingerprint density at radius 3 is 2.71 bits per heavy atom. The molecule has 0 atom stereocenters. The molecule has 2 aromatic rings. The first-order chi connectivity index (χ1) is 6.85. The highest BCUT2D eigenvalue weighted by atomic mass is 32.2. The Morgan fingerprint density at radius 1 is 1.14 bits per heavy atom. The van der Waals surface area contributed by atoms with Crippen LogP contribution in [0.5, 0.6) is 0 Å². The number of hydrogen-bond donors (Lipinski definition) is 0. The molecule has 72 valence electrons. The lowest BCUT2D eigenvalue weighted by Crippen LogP contribution is -1.86. The standard InChI is InChI=1S/C10H10N2S2/c1-13-7-3-4-9-8(5-7)10(14-2)6-11-12-9/h3-6H,1-2H3. The second kappa shape index (κ2) is 4.19. The quantitative estimate of drug-likeness (QED) is 0.729. The maximum Gasteiger partial charge on any atom is 0.0941 e. The van der Waals surface area contributed by atoms with Gasteiger partial charge in [-0.3, -0.25) is 0 Å². The molecule has 0 amide bonds. The van der Waals surface area contributed by atoms with Crippen LogP contribution in [0, 0.1) is 0 Å². The van der Waals surface area contributed by atoms with Crippen LogP contribution < -0.4 is 0 Å². The number of nitrogens with zero attached hydrogens (tertiary/aromatic N) is 2. The van der Waals surface area contributed by atoms with Gasteiger partial charge in [-0.05, 0) is 30.7 Å². The number of hydrogen-bond acceptors (Lipinski definition) is 4.